The number of halogens is 3. The molecule has 0 bridgehead atoms. The Kier molecular flexibility index (Phi) is 9.27. The quantitative estimate of drug-likeness (QED) is 0.348. The Hall–Kier alpha value is -2.69. The van der Waals surface area contributed by atoms with Crippen molar-refractivity contribution in [3.8, 4) is 0 Å². The number of anilines is 1. The topological polar surface area (TPSA) is 83.9 Å². The van der Waals surface area contributed by atoms with E-state index < -0.39 is 36.5 Å². The molecule has 0 spiro atoms. The first-order valence-corrected chi connectivity index (χ1v) is 14.3. The first kappa shape index (κ1) is 28.8. The molecule has 1 aromatic carbocycles. The molecular weight excluding hydrogens is 523 g/mol. The minimum atomic E-state index is -2.90. The van der Waals surface area contributed by atoms with Crippen LogP contribution < -0.4 is 5.32 Å². The van der Waals surface area contributed by atoms with Gasteiger partial charge in [0.05, 0.1) is 12.7 Å². The number of unbranched alkanes of at least 4 members (excludes halogenated alkanes) is 1. The zero-order valence-corrected chi connectivity index (χ0v) is 22.7. The summed E-state index contributed by atoms with van der Waals surface area (Å²) < 4.78 is 52.9. The second kappa shape index (κ2) is 12.9. The second-order valence-corrected chi connectivity index (χ2v) is 11.2. The standard InChI is InChI=1S/C30H38F3N3O4/c31-22-7-9-24(26-10-12-30(32,33)19-40-26)25(16-22)27(29(37)38)36-14-11-20(17-36)18-39-15-2-1-5-23-8-6-21-4-3-13-34-28(21)35-23/h6-9,16,20,26-27H,1-5,10-15,17-19H2,(H,34,35)(H,37,38)/t20-,26?,27+/m1/s1. The number of carboxylic acids is 1. The molecule has 10 heteroatoms. The molecule has 5 rings (SSSR count). The maximum absolute atomic E-state index is 14.3. The lowest BCUT2D eigenvalue weighted by molar-refractivity contribution is -0.147. The van der Waals surface area contributed by atoms with Gasteiger partial charge in [0.25, 0.3) is 5.92 Å². The number of pyridine rings is 1. The van der Waals surface area contributed by atoms with E-state index >= 15 is 0 Å². The SMILES string of the molecule is O=C(O)[C@H](c1cc(F)ccc1C1CCC(F)(F)CO1)N1CC[C@@H](COCCCCc2ccc3c(n2)NCCC3)C1. The number of ether oxygens (including phenoxy) is 2. The molecule has 0 aliphatic carbocycles. The van der Waals surface area contributed by atoms with E-state index in [1.807, 2.05) is 4.90 Å². The van der Waals surface area contributed by atoms with Crippen LogP contribution in [0, 0.1) is 11.7 Å². The zero-order valence-electron chi connectivity index (χ0n) is 22.7. The van der Waals surface area contributed by atoms with Crippen LogP contribution in [0.3, 0.4) is 0 Å². The highest BCUT2D eigenvalue weighted by atomic mass is 19.3. The molecular formula is C30H38F3N3O4. The Morgan fingerprint density at radius 2 is 2.12 bits per heavy atom. The van der Waals surface area contributed by atoms with Crippen molar-refractivity contribution >= 4 is 11.8 Å². The zero-order chi connectivity index (χ0) is 28.1. The van der Waals surface area contributed by atoms with Crippen LogP contribution in [0.2, 0.25) is 0 Å². The predicted molar refractivity (Wildman–Crippen MR) is 144 cm³/mol. The molecule has 2 saturated heterocycles. The molecule has 1 unspecified atom stereocenters. The average molecular weight is 562 g/mol. The van der Waals surface area contributed by atoms with Gasteiger partial charge < -0.3 is 19.9 Å². The third kappa shape index (κ3) is 7.14. The van der Waals surface area contributed by atoms with E-state index in [9.17, 15) is 23.1 Å². The fourth-order valence-electron chi connectivity index (χ4n) is 6.03. The van der Waals surface area contributed by atoms with Crippen molar-refractivity contribution in [1.82, 2.24) is 9.88 Å². The monoisotopic (exact) mass is 561 g/mol. The summed E-state index contributed by atoms with van der Waals surface area (Å²) in [6, 6.07) is 7.11. The average Bonchev–Trinajstić information content (AvgIpc) is 3.39. The van der Waals surface area contributed by atoms with Gasteiger partial charge in [0, 0.05) is 31.8 Å². The maximum atomic E-state index is 14.3. The van der Waals surface area contributed by atoms with Crippen molar-refractivity contribution in [3.63, 3.8) is 0 Å². The highest BCUT2D eigenvalue weighted by Crippen LogP contribution is 2.40. The summed E-state index contributed by atoms with van der Waals surface area (Å²) >= 11 is 0. The number of carboxylic acid groups (broad SMARTS) is 1. The molecule has 3 atom stereocenters. The molecule has 0 saturated carbocycles. The molecule has 2 aromatic rings. The molecule has 3 aliphatic heterocycles. The Labute approximate surface area is 233 Å². The van der Waals surface area contributed by atoms with Crippen molar-refractivity contribution in [3.05, 3.63) is 58.5 Å². The number of aliphatic carboxylic acids is 1. The normalized spacial score (nSPS) is 23.4. The number of fused-ring (bicyclic) bond motifs is 1. The van der Waals surface area contributed by atoms with Gasteiger partial charge in [-0.2, -0.15) is 0 Å². The summed E-state index contributed by atoms with van der Waals surface area (Å²) in [6.45, 7) is 2.44. The van der Waals surface area contributed by atoms with Gasteiger partial charge in [0.15, 0.2) is 0 Å². The van der Waals surface area contributed by atoms with E-state index in [2.05, 4.69) is 17.4 Å². The van der Waals surface area contributed by atoms with Gasteiger partial charge in [-0.05, 0) is 92.3 Å². The first-order chi connectivity index (χ1) is 19.3. The smallest absolute Gasteiger partial charge is 0.325 e. The molecule has 0 amide bonds. The van der Waals surface area contributed by atoms with Gasteiger partial charge in [-0.25, -0.2) is 18.2 Å². The van der Waals surface area contributed by atoms with E-state index in [0.29, 0.717) is 31.9 Å². The molecule has 3 aliphatic rings. The molecule has 4 heterocycles. The number of nitrogens with one attached hydrogen (secondary N) is 1. The lowest BCUT2D eigenvalue weighted by Gasteiger charge is -2.33. The number of nitrogens with zero attached hydrogens (tertiary/aromatic N) is 2. The van der Waals surface area contributed by atoms with Gasteiger partial charge >= 0.3 is 5.97 Å². The lowest BCUT2D eigenvalue weighted by Crippen LogP contribution is -2.35. The van der Waals surface area contributed by atoms with Crippen LogP contribution in [0.25, 0.3) is 0 Å². The summed E-state index contributed by atoms with van der Waals surface area (Å²) in [7, 11) is 0. The van der Waals surface area contributed by atoms with Crippen LogP contribution in [0.5, 0.6) is 0 Å². The number of aromatic nitrogens is 1. The van der Waals surface area contributed by atoms with Gasteiger partial charge in [-0.3, -0.25) is 9.69 Å². The molecule has 0 radical (unpaired) electrons. The largest absolute Gasteiger partial charge is 0.480 e. The second-order valence-electron chi connectivity index (χ2n) is 11.2. The third-order valence-electron chi connectivity index (χ3n) is 8.15. The van der Waals surface area contributed by atoms with E-state index in [0.717, 1.165) is 56.6 Å². The van der Waals surface area contributed by atoms with Crippen molar-refractivity contribution in [2.24, 2.45) is 5.92 Å². The van der Waals surface area contributed by atoms with Crippen molar-refractivity contribution in [2.75, 3.05) is 44.8 Å². The first-order valence-electron chi connectivity index (χ1n) is 14.3. The summed E-state index contributed by atoms with van der Waals surface area (Å²) in [4.78, 5) is 19.0. The maximum Gasteiger partial charge on any atom is 0.325 e. The van der Waals surface area contributed by atoms with Crippen molar-refractivity contribution in [1.29, 1.82) is 0 Å². The molecule has 1 aromatic heterocycles. The minimum absolute atomic E-state index is 0.0495. The van der Waals surface area contributed by atoms with Crippen LogP contribution in [-0.4, -0.2) is 66.3 Å². The van der Waals surface area contributed by atoms with E-state index in [-0.39, 0.29) is 24.3 Å². The number of hydrogen-bond acceptors (Lipinski definition) is 6. The Balaban J connectivity index is 1.11. The highest BCUT2D eigenvalue weighted by Gasteiger charge is 2.40. The molecule has 7 nitrogen and oxygen atoms in total. The fraction of sp³-hybridized carbons (Fsp3) is 0.600. The summed E-state index contributed by atoms with van der Waals surface area (Å²) in [5, 5.41) is 13.5. The minimum Gasteiger partial charge on any atom is -0.480 e. The van der Waals surface area contributed by atoms with Crippen LogP contribution in [-0.2, 0) is 27.1 Å². The molecule has 2 N–H and O–H groups in total. The van der Waals surface area contributed by atoms with Crippen LogP contribution in [0.1, 0.15) is 73.1 Å². The van der Waals surface area contributed by atoms with Crippen LogP contribution in [0.15, 0.2) is 30.3 Å². The number of benzene rings is 1. The van der Waals surface area contributed by atoms with Gasteiger partial charge in [0.2, 0.25) is 0 Å². The number of likely N-dealkylation sites (tertiary alicyclic amines) is 1. The number of alkyl halides is 2. The van der Waals surface area contributed by atoms with Gasteiger partial charge in [-0.1, -0.05) is 12.1 Å². The summed E-state index contributed by atoms with van der Waals surface area (Å²) in [5.41, 5.74) is 3.11. The summed E-state index contributed by atoms with van der Waals surface area (Å²) in [6.07, 6.45) is 4.78. The van der Waals surface area contributed by atoms with Crippen molar-refractivity contribution < 1.29 is 32.5 Å². The number of aryl methyl sites for hydroxylation is 2. The van der Waals surface area contributed by atoms with E-state index in [4.69, 9.17) is 14.5 Å². The Morgan fingerprint density at radius 3 is 2.92 bits per heavy atom. The predicted octanol–water partition coefficient (Wildman–Crippen LogP) is 5.55. The van der Waals surface area contributed by atoms with Crippen molar-refractivity contribution in [2.45, 2.75) is 69.4 Å². The lowest BCUT2D eigenvalue weighted by atomic mass is 9.91. The van der Waals surface area contributed by atoms with Crippen LogP contribution >= 0.6 is 0 Å². The van der Waals surface area contributed by atoms with Gasteiger partial charge in [0.1, 0.15) is 24.3 Å². The fourth-order valence-corrected chi connectivity index (χ4v) is 6.03. The summed E-state index contributed by atoms with van der Waals surface area (Å²) in [5.74, 6) is -3.38. The van der Waals surface area contributed by atoms with Crippen LogP contribution in [0.4, 0.5) is 19.0 Å². The number of carbonyl (C=O) groups is 1. The number of rotatable bonds is 11. The Bertz CT molecular complexity index is 1170. The number of hydrogen-bond donors (Lipinski definition) is 2. The molecule has 2 fully saturated rings. The third-order valence-corrected chi connectivity index (χ3v) is 8.15. The molecule has 218 valence electrons. The van der Waals surface area contributed by atoms with Gasteiger partial charge in [-0.15, -0.1) is 0 Å². The highest BCUT2D eigenvalue weighted by molar-refractivity contribution is 5.76. The Morgan fingerprint density at radius 1 is 1.25 bits per heavy atom. The van der Waals surface area contributed by atoms with E-state index in [1.165, 1.54) is 23.8 Å². The molecule has 40 heavy (non-hydrogen) atoms. The van der Waals surface area contributed by atoms with E-state index in [1.54, 1.807) is 0 Å².